The summed E-state index contributed by atoms with van der Waals surface area (Å²) >= 11 is 0. The van der Waals surface area contributed by atoms with Crippen LogP contribution in [-0.4, -0.2) is 46.9 Å². The van der Waals surface area contributed by atoms with E-state index in [2.05, 4.69) is 16.0 Å². The zero-order valence-corrected chi connectivity index (χ0v) is 21.3. The van der Waals surface area contributed by atoms with Gasteiger partial charge in [-0.3, -0.25) is 0 Å². The number of benzene rings is 3. The Morgan fingerprint density at radius 1 is 0.972 bits per heavy atom. The number of nitrogens with zero attached hydrogens (tertiary/aromatic N) is 3. The fourth-order valence-corrected chi connectivity index (χ4v) is 3.96. The highest BCUT2D eigenvalue weighted by Gasteiger charge is 2.13. The predicted molar refractivity (Wildman–Crippen MR) is 142 cm³/mol. The summed E-state index contributed by atoms with van der Waals surface area (Å²) in [6.45, 7) is 3.48. The molecule has 1 saturated heterocycles. The van der Waals surface area contributed by atoms with Crippen molar-refractivity contribution in [1.29, 1.82) is 0 Å². The summed E-state index contributed by atoms with van der Waals surface area (Å²) in [7, 11) is 1.93. The summed E-state index contributed by atoms with van der Waals surface area (Å²) in [6, 6.07) is 20.2. The lowest BCUT2D eigenvalue weighted by molar-refractivity contribution is 0.0697. The molecule has 2 heterocycles. The molecule has 0 unspecified atom stereocenters. The van der Waals surface area contributed by atoms with Crippen molar-refractivity contribution in [3.8, 4) is 17.2 Å². The van der Waals surface area contributed by atoms with Crippen LogP contribution in [0.4, 0.5) is 5.69 Å². The molecule has 1 aliphatic rings. The quantitative estimate of drug-likeness (QED) is 0.345. The molecule has 1 N–H and O–H groups in total. The number of hydrogen-bond donors (Lipinski definition) is 1. The molecule has 0 atom stereocenters. The maximum Gasteiger partial charge on any atom is 0.335 e. The van der Waals surface area contributed by atoms with Crippen LogP contribution >= 0.6 is 24.8 Å². The summed E-state index contributed by atoms with van der Waals surface area (Å²) < 4.78 is 19.4. The molecule has 1 aromatic heterocycles. The zero-order chi connectivity index (χ0) is 23.5. The van der Waals surface area contributed by atoms with Gasteiger partial charge in [-0.2, -0.15) is 0 Å². The van der Waals surface area contributed by atoms with Crippen molar-refractivity contribution in [3.05, 3.63) is 78.1 Å². The van der Waals surface area contributed by atoms with Crippen molar-refractivity contribution in [2.75, 3.05) is 31.2 Å². The smallest absolute Gasteiger partial charge is 0.335 e. The minimum atomic E-state index is -0.965. The van der Waals surface area contributed by atoms with Crippen LogP contribution < -0.4 is 14.4 Å². The molecule has 1 fully saturated rings. The monoisotopic (exact) mass is 531 g/mol. The Labute approximate surface area is 221 Å². The number of anilines is 1. The molecule has 0 amide bonds. The highest BCUT2D eigenvalue weighted by atomic mass is 35.5. The highest BCUT2D eigenvalue weighted by Crippen LogP contribution is 2.29. The van der Waals surface area contributed by atoms with E-state index >= 15 is 0 Å². The second kappa shape index (κ2) is 12.0. The Kier molecular flexibility index (Phi) is 9.03. The first-order chi connectivity index (χ1) is 16.6. The van der Waals surface area contributed by atoms with Gasteiger partial charge in [-0.1, -0.05) is 6.07 Å². The number of carboxylic acids is 1. The largest absolute Gasteiger partial charge is 0.486 e. The number of hydrogen-bond acceptors (Lipinski definition) is 6. The molecule has 36 heavy (non-hydrogen) atoms. The standard InChI is InChI=1S/C26H25N3O5.2ClH/c1-28-24-16-22(34-21-4-2-3-19(15-21)29-11-13-32-14-12-29)9-10-23(24)27-25(28)17-33-20-7-5-18(6-8-20)26(30)31;;/h2-10,15-16H,11-14,17H2,1H3,(H,30,31);2*1H. The molecule has 1 aliphatic heterocycles. The molecule has 8 nitrogen and oxygen atoms in total. The highest BCUT2D eigenvalue weighted by molar-refractivity contribution is 5.87. The van der Waals surface area contributed by atoms with Crippen LogP contribution in [0.3, 0.4) is 0 Å². The number of ether oxygens (including phenoxy) is 3. The maximum absolute atomic E-state index is 11.0. The summed E-state index contributed by atoms with van der Waals surface area (Å²) in [6.07, 6.45) is 0. The first-order valence-electron chi connectivity index (χ1n) is 11.1. The number of halogens is 2. The minimum absolute atomic E-state index is 0. The number of rotatable bonds is 7. The number of aromatic nitrogens is 2. The van der Waals surface area contributed by atoms with Gasteiger partial charge in [-0.05, 0) is 48.5 Å². The third-order valence-corrected chi connectivity index (χ3v) is 5.84. The predicted octanol–water partition coefficient (Wildman–Crippen LogP) is 5.32. The first-order valence-corrected chi connectivity index (χ1v) is 11.1. The number of carboxylic acid groups (broad SMARTS) is 1. The Hall–Kier alpha value is -3.46. The normalized spacial score (nSPS) is 13.0. The first kappa shape index (κ1) is 27.1. The van der Waals surface area contributed by atoms with Crippen molar-refractivity contribution in [3.63, 3.8) is 0 Å². The summed E-state index contributed by atoms with van der Waals surface area (Å²) in [5, 5.41) is 9.02. The SMILES string of the molecule is Cl.Cl.Cn1c(COc2ccc(C(=O)O)cc2)nc2ccc(Oc3cccc(N4CCOCC4)c3)cc21. The lowest BCUT2D eigenvalue weighted by atomic mass is 10.2. The van der Waals surface area contributed by atoms with Gasteiger partial charge in [0.15, 0.2) is 0 Å². The van der Waals surface area contributed by atoms with Crippen molar-refractivity contribution in [2.24, 2.45) is 7.05 Å². The van der Waals surface area contributed by atoms with E-state index in [9.17, 15) is 4.79 Å². The van der Waals surface area contributed by atoms with Crippen LogP contribution in [0.2, 0.25) is 0 Å². The van der Waals surface area contributed by atoms with Crippen LogP contribution in [0, 0.1) is 0 Å². The fourth-order valence-electron chi connectivity index (χ4n) is 3.96. The summed E-state index contributed by atoms with van der Waals surface area (Å²) in [4.78, 5) is 18.0. The second-order valence-corrected chi connectivity index (χ2v) is 8.05. The Morgan fingerprint density at radius 3 is 2.39 bits per heavy atom. The van der Waals surface area contributed by atoms with Gasteiger partial charge in [0, 0.05) is 38.0 Å². The molecule has 4 aromatic rings. The zero-order valence-electron chi connectivity index (χ0n) is 19.6. The van der Waals surface area contributed by atoms with Gasteiger partial charge in [-0.25, -0.2) is 9.78 Å². The van der Waals surface area contributed by atoms with Crippen molar-refractivity contribution in [1.82, 2.24) is 9.55 Å². The van der Waals surface area contributed by atoms with Gasteiger partial charge in [0.25, 0.3) is 0 Å². The Balaban J connectivity index is 0.00000180. The second-order valence-electron chi connectivity index (χ2n) is 8.05. The van der Waals surface area contributed by atoms with E-state index in [0.717, 1.165) is 60.3 Å². The topological polar surface area (TPSA) is 86.0 Å². The number of aromatic carboxylic acids is 1. The summed E-state index contributed by atoms with van der Waals surface area (Å²) in [5.74, 6) is 1.88. The van der Waals surface area contributed by atoms with E-state index in [-0.39, 0.29) is 37.0 Å². The maximum atomic E-state index is 11.0. The molecule has 5 rings (SSSR count). The molecule has 0 bridgehead atoms. The van der Waals surface area contributed by atoms with Gasteiger partial charge < -0.3 is 28.8 Å². The van der Waals surface area contributed by atoms with Gasteiger partial charge in [0.2, 0.25) is 0 Å². The molecule has 0 aliphatic carbocycles. The van der Waals surface area contributed by atoms with Crippen molar-refractivity contribution >= 4 is 47.5 Å². The van der Waals surface area contributed by atoms with Gasteiger partial charge in [0.1, 0.15) is 29.7 Å². The van der Waals surface area contributed by atoms with E-state index in [4.69, 9.17) is 19.3 Å². The van der Waals surface area contributed by atoms with E-state index in [1.165, 1.54) is 12.1 Å². The molecule has 0 saturated carbocycles. The van der Waals surface area contributed by atoms with Crippen LogP contribution in [0.5, 0.6) is 17.2 Å². The number of imidazole rings is 1. The molecular formula is C26H27Cl2N3O5. The number of fused-ring (bicyclic) bond motifs is 1. The third-order valence-electron chi connectivity index (χ3n) is 5.84. The molecule has 0 radical (unpaired) electrons. The Morgan fingerprint density at radius 2 is 1.67 bits per heavy atom. The molecule has 190 valence electrons. The van der Waals surface area contributed by atoms with E-state index < -0.39 is 5.97 Å². The average Bonchev–Trinajstić information content (AvgIpc) is 3.18. The van der Waals surface area contributed by atoms with Gasteiger partial charge in [0.05, 0.1) is 29.8 Å². The van der Waals surface area contributed by atoms with Crippen LogP contribution in [0.1, 0.15) is 16.2 Å². The van der Waals surface area contributed by atoms with E-state index in [1.54, 1.807) is 12.1 Å². The molecule has 3 aromatic carbocycles. The van der Waals surface area contributed by atoms with Gasteiger partial charge in [-0.15, -0.1) is 24.8 Å². The molecule has 0 spiro atoms. The minimum Gasteiger partial charge on any atom is -0.486 e. The van der Waals surface area contributed by atoms with Gasteiger partial charge >= 0.3 is 5.97 Å². The third kappa shape index (κ3) is 6.02. The summed E-state index contributed by atoms with van der Waals surface area (Å²) in [5.41, 5.74) is 3.12. The molecular weight excluding hydrogens is 505 g/mol. The molecule has 10 heteroatoms. The lowest BCUT2D eigenvalue weighted by Gasteiger charge is -2.29. The van der Waals surface area contributed by atoms with Crippen molar-refractivity contribution < 1.29 is 24.1 Å². The number of aryl methyl sites for hydroxylation is 1. The van der Waals surface area contributed by atoms with Crippen molar-refractivity contribution in [2.45, 2.75) is 6.61 Å². The average molecular weight is 532 g/mol. The van der Waals surface area contributed by atoms with Crippen LogP contribution in [0.15, 0.2) is 66.7 Å². The Bertz CT molecular complexity index is 1320. The number of carbonyl (C=O) groups is 1. The lowest BCUT2D eigenvalue weighted by Crippen LogP contribution is -2.36. The van der Waals surface area contributed by atoms with Crippen LogP contribution in [-0.2, 0) is 18.4 Å². The van der Waals surface area contributed by atoms with Crippen LogP contribution in [0.25, 0.3) is 11.0 Å². The fraction of sp³-hybridized carbons (Fsp3) is 0.231. The number of morpholine rings is 1. The van der Waals surface area contributed by atoms with E-state index in [1.807, 2.05) is 48.0 Å². The van der Waals surface area contributed by atoms with E-state index in [0.29, 0.717) is 5.75 Å².